The number of hydrogen-bond donors (Lipinski definition) is 0. The normalized spacial score (nSPS) is 17.3. The maximum atomic E-state index is 6.15. The number of halogens is 2. The molecule has 0 radical (unpaired) electrons. The van der Waals surface area contributed by atoms with Crippen LogP contribution in [0.4, 0.5) is 0 Å². The van der Waals surface area contributed by atoms with Crippen LogP contribution in [0.5, 0.6) is 5.75 Å². The summed E-state index contributed by atoms with van der Waals surface area (Å²) in [6.45, 7) is 0.672. The minimum atomic E-state index is 0.445. The molecule has 1 heterocycles. The lowest BCUT2D eigenvalue weighted by Crippen LogP contribution is -2.09. The number of ether oxygens (including phenoxy) is 1. The van der Waals surface area contributed by atoms with Gasteiger partial charge in [0.2, 0.25) is 0 Å². The Morgan fingerprint density at radius 2 is 2.11 bits per heavy atom. The van der Waals surface area contributed by atoms with Gasteiger partial charge in [-0.1, -0.05) is 45.7 Å². The largest absolute Gasteiger partial charge is 0.491 e. The Labute approximate surface area is 130 Å². The van der Waals surface area contributed by atoms with Crippen molar-refractivity contribution < 1.29 is 4.74 Å². The first-order chi connectivity index (χ1) is 9.24. The minimum absolute atomic E-state index is 0.445. The Morgan fingerprint density at radius 1 is 1.26 bits per heavy atom. The highest BCUT2D eigenvalue weighted by atomic mass is 79.9. The lowest BCUT2D eigenvalue weighted by molar-refractivity contribution is 0.298. The second kappa shape index (κ2) is 5.78. The average molecular weight is 356 g/mol. The third-order valence-corrected chi connectivity index (χ3v) is 5.17. The van der Waals surface area contributed by atoms with Crippen molar-refractivity contribution in [2.24, 2.45) is 0 Å². The summed E-state index contributed by atoms with van der Waals surface area (Å²) in [5.74, 6) is 2.27. The maximum Gasteiger partial charge on any atom is 0.137 e. The average Bonchev–Trinajstić information content (AvgIpc) is 2.81. The van der Waals surface area contributed by atoms with Gasteiger partial charge in [-0.15, -0.1) is 11.8 Å². The van der Waals surface area contributed by atoms with Gasteiger partial charge in [0, 0.05) is 21.0 Å². The molecule has 1 aliphatic rings. The molecule has 2 aromatic rings. The molecule has 0 saturated carbocycles. The van der Waals surface area contributed by atoms with E-state index in [-0.39, 0.29) is 0 Å². The smallest absolute Gasteiger partial charge is 0.137 e. The maximum absolute atomic E-state index is 6.15. The standard InChI is InChI=1S/C15H12BrClOS/c16-11-5-6-14(13(17)7-11)18-8-10-9-19-15-4-2-1-3-12(10)15/h1-7,10H,8-9H2. The summed E-state index contributed by atoms with van der Waals surface area (Å²) in [6.07, 6.45) is 0. The van der Waals surface area contributed by atoms with Gasteiger partial charge >= 0.3 is 0 Å². The van der Waals surface area contributed by atoms with Crippen LogP contribution < -0.4 is 4.74 Å². The Bertz CT molecular complexity index is 602. The number of benzene rings is 2. The Kier molecular flexibility index (Phi) is 4.06. The van der Waals surface area contributed by atoms with E-state index in [1.165, 1.54) is 10.5 Å². The van der Waals surface area contributed by atoms with Crippen LogP contribution in [-0.4, -0.2) is 12.4 Å². The van der Waals surface area contributed by atoms with Crippen LogP contribution in [0, 0.1) is 0 Å². The van der Waals surface area contributed by atoms with Crippen molar-refractivity contribution >= 4 is 39.3 Å². The summed E-state index contributed by atoms with van der Waals surface area (Å²) in [6, 6.07) is 14.2. The van der Waals surface area contributed by atoms with E-state index in [0.717, 1.165) is 16.0 Å². The van der Waals surface area contributed by atoms with Gasteiger partial charge in [0.1, 0.15) is 5.75 Å². The predicted octanol–water partition coefficient (Wildman–Crippen LogP) is 5.37. The quantitative estimate of drug-likeness (QED) is 0.732. The van der Waals surface area contributed by atoms with Crippen molar-refractivity contribution in [1.29, 1.82) is 0 Å². The lowest BCUT2D eigenvalue weighted by Gasteiger charge is -2.13. The van der Waals surface area contributed by atoms with E-state index < -0.39 is 0 Å². The molecule has 1 aliphatic heterocycles. The van der Waals surface area contributed by atoms with Crippen molar-refractivity contribution in [3.63, 3.8) is 0 Å². The molecule has 0 saturated heterocycles. The van der Waals surface area contributed by atoms with Gasteiger partial charge in [-0.2, -0.15) is 0 Å². The Hall–Kier alpha value is -0.640. The minimum Gasteiger partial charge on any atom is -0.491 e. The van der Waals surface area contributed by atoms with Gasteiger partial charge in [0.15, 0.2) is 0 Å². The number of thioether (sulfide) groups is 1. The van der Waals surface area contributed by atoms with Gasteiger partial charge in [-0.05, 0) is 29.8 Å². The second-order valence-electron chi connectivity index (χ2n) is 4.43. The molecule has 0 spiro atoms. The van der Waals surface area contributed by atoms with Crippen molar-refractivity contribution in [2.45, 2.75) is 10.8 Å². The molecule has 0 bridgehead atoms. The van der Waals surface area contributed by atoms with Crippen molar-refractivity contribution in [3.05, 3.63) is 57.5 Å². The van der Waals surface area contributed by atoms with Gasteiger partial charge in [-0.3, -0.25) is 0 Å². The van der Waals surface area contributed by atoms with E-state index in [4.69, 9.17) is 16.3 Å². The molecule has 1 nitrogen and oxygen atoms in total. The lowest BCUT2D eigenvalue weighted by atomic mass is 10.0. The highest BCUT2D eigenvalue weighted by Gasteiger charge is 2.23. The Balaban J connectivity index is 1.71. The fourth-order valence-electron chi connectivity index (χ4n) is 2.15. The van der Waals surface area contributed by atoms with Gasteiger partial charge < -0.3 is 4.74 Å². The first kappa shape index (κ1) is 13.3. The number of hydrogen-bond acceptors (Lipinski definition) is 2. The fourth-order valence-corrected chi connectivity index (χ4v) is 4.11. The topological polar surface area (TPSA) is 9.23 Å². The summed E-state index contributed by atoms with van der Waals surface area (Å²) < 4.78 is 6.83. The third-order valence-electron chi connectivity index (χ3n) is 3.13. The van der Waals surface area contributed by atoms with E-state index in [2.05, 4.69) is 40.2 Å². The molecule has 1 unspecified atom stereocenters. The summed E-state index contributed by atoms with van der Waals surface area (Å²) in [5, 5.41) is 0.647. The predicted molar refractivity (Wildman–Crippen MR) is 84.6 cm³/mol. The van der Waals surface area contributed by atoms with E-state index in [1.807, 2.05) is 30.0 Å². The highest BCUT2D eigenvalue weighted by molar-refractivity contribution is 9.10. The highest BCUT2D eigenvalue weighted by Crippen LogP contribution is 2.39. The van der Waals surface area contributed by atoms with Crippen LogP contribution in [0.3, 0.4) is 0 Å². The third kappa shape index (κ3) is 2.93. The summed E-state index contributed by atoms with van der Waals surface area (Å²) >= 11 is 11.4. The zero-order valence-corrected chi connectivity index (χ0v) is 13.3. The molecule has 0 fully saturated rings. The monoisotopic (exact) mass is 354 g/mol. The summed E-state index contributed by atoms with van der Waals surface area (Å²) in [7, 11) is 0. The zero-order chi connectivity index (χ0) is 13.2. The van der Waals surface area contributed by atoms with Gasteiger partial charge in [0.05, 0.1) is 11.6 Å². The molecule has 19 heavy (non-hydrogen) atoms. The fraction of sp³-hybridized carbons (Fsp3) is 0.200. The van der Waals surface area contributed by atoms with Crippen molar-refractivity contribution in [3.8, 4) is 5.75 Å². The molecule has 0 aromatic heterocycles. The Morgan fingerprint density at radius 3 is 2.95 bits per heavy atom. The van der Waals surface area contributed by atoms with E-state index >= 15 is 0 Å². The molecule has 2 aromatic carbocycles. The molecule has 4 heteroatoms. The molecular formula is C15H12BrClOS. The SMILES string of the molecule is Clc1cc(Br)ccc1OCC1CSc2ccccc21. The van der Waals surface area contributed by atoms with Crippen molar-refractivity contribution in [2.75, 3.05) is 12.4 Å². The van der Waals surface area contributed by atoms with Crippen molar-refractivity contribution in [1.82, 2.24) is 0 Å². The van der Waals surface area contributed by atoms with E-state index in [9.17, 15) is 0 Å². The molecule has 0 amide bonds. The first-order valence-electron chi connectivity index (χ1n) is 6.03. The van der Waals surface area contributed by atoms with E-state index in [0.29, 0.717) is 17.5 Å². The summed E-state index contributed by atoms with van der Waals surface area (Å²) in [5.41, 5.74) is 1.39. The van der Waals surface area contributed by atoms with Crippen LogP contribution in [0.15, 0.2) is 51.8 Å². The van der Waals surface area contributed by atoms with Gasteiger partial charge in [0.25, 0.3) is 0 Å². The number of fused-ring (bicyclic) bond motifs is 1. The second-order valence-corrected chi connectivity index (χ2v) is 6.82. The van der Waals surface area contributed by atoms with E-state index in [1.54, 1.807) is 0 Å². The molecular weight excluding hydrogens is 344 g/mol. The molecule has 98 valence electrons. The number of rotatable bonds is 3. The first-order valence-corrected chi connectivity index (χ1v) is 8.19. The molecule has 3 rings (SSSR count). The van der Waals surface area contributed by atoms with Gasteiger partial charge in [-0.25, -0.2) is 0 Å². The van der Waals surface area contributed by atoms with Crippen LogP contribution in [0.1, 0.15) is 11.5 Å². The van der Waals surface area contributed by atoms with Crippen LogP contribution in [-0.2, 0) is 0 Å². The zero-order valence-electron chi connectivity index (χ0n) is 10.1. The summed E-state index contributed by atoms with van der Waals surface area (Å²) in [4.78, 5) is 1.37. The van der Waals surface area contributed by atoms with Crippen LogP contribution in [0.2, 0.25) is 5.02 Å². The van der Waals surface area contributed by atoms with Crippen LogP contribution in [0.25, 0.3) is 0 Å². The molecule has 0 N–H and O–H groups in total. The molecule has 1 atom stereocenters. The van der Waals surface area contributed by atoms with Crippen LogP contribution >= 0.6 is 39.3 Å². The molecule has 0 aliphatic carbocycles.